The molecule has 7 nitrogen and oxygen atoms in total. The number of esters is 1. The van der Waals surface area contributed by atoms with Gasteiger partial charge in [-0.05, 0) is 12.8 Å². The largest absolute Gasteiger partial charge is 0.534 e. The first-order chi connectivity index (χ1) is 9.15. The number of carbonyl (C=O) groups excluding carboxylic acids is 1. The molecule has 1 fully saturated rings. The van der Waals surface area contributed by atoms with Crippen molar-refractivity contribution in [3.05, 3.63) is 11.8 Å². The molecule has 1 saturated carbocycles. The summed E-state index contributed by atoms with van der Waals surface area (Å²) in [4.78, 5) is 11.3. The van der Waals surface area contributed by atoms with Gasteiger partial charge in [-0.3, -0.25) is 0 Å². The van der Waals surface area contributed by atoms with Gasteiger partial charge in [-0.1, -0.05) is 0 Å². The van der Waals surface area contributed by atoms with E-state index in [1.54, 1.807) is 0 Å². The van der Waals surface area contributed by atoms with Crippen LogP contribution in [-0.2, 0) is 14.9 Å². The molecule has 0 N–H and O–H groups in total. The fourth-order valence-electron chi connectivity index (χ4n) is 1.38. The van der Waals surface area contributed by atoms with Crippen LogP contribution in [0.3, 0.4) is 0 Å². The van der Waals surface area contributed by atoms with E-state index in [0.717, 1.165) is 17.9 Å². The van der Waals surface area contributed by atoms with E-state index < -0.39 is 27.5 Å². The molecule has 0 atom stereocenters. The van der Waals surface area contributed by atoms with Gasteiger partial charge in [0.25, 0.3) is 0 Å². The van der Waals surface area contributed by atoms with Crippen molar-refractivity contribution < 1.29 is 35.3 Å². The zero-order chi connectivity index (χ0) is 15.1. The zero-order valence-corrected chi connectivity index (χ0v) is 10.9. The van der Waals surface area contributed by atoms with E-state index in [-0.39, 0.29) is 11.7 Å². The van der Waals surface area contributed by atoms with E-state index in [2.05, 4.69) is 14.0 Å². The van der Waals surface area contributed by atoms with E-state index in [0.29, 0.717) is 12.8 Å². The van der Waals surface area contributed by atoms with Gasteiger partial charge in [0.1, 0.15) is 0 Å². The molecule has 1 heterocycles. The average Bonchev–Trinajstić information content (AvgIpc) is 3.09. The van der Waals surface area contributed by atoms with Gasteiger partial charge in [-0.15, -0.1) is 0 Å². The Labute approximate surface area is 111 Å². The van der Waals surface area contributed by atoms with Crippen molar-refractivity contribution in [2.45, 2.75) is 24.4 Å². The molecule has 1 aliphatic rings. The van der Waals surface area contributed by atoms with E-state index in [1.165, 1.54) is 0 Å². The maximum absolute atomic E-state index is 12.3. The predicted molar refractivity (Wildman–Crippen MR) is 57.4 cm³/mol. The van der Waals surface area contributed by atoms with Crippen molar-refractivity contribution in [3.63, 3.8) is 0 Å². The monoisotopic (exact) mass is 314 g/mol. The topological polar surface area (TPSA) is 87.5 Å². The first kappa shape index (κ1) is 14.6. The lowest BCUT2D eigenvalue weighted by Crippen LogP contribution is -2.28. The summed E-state index contributed by atoms with van der Waals surface area (Å²) < 4.78 is 68.0. The van der Waals surface area contributed by atoms with Crippen molar-refractivity contribution in [1.82, 2.24) is 9.78 Å². The Morgan fingerprint density at radius 1 is 1.45 bits per heavy atom. The Hall–Kier alpha value is -1.78. The summed E-state index contributed by atoms with van der Waals surface area (Å²) in [7, 11) is -4.75. The highest BCUT2D eigenvalue weighted by molar-refractivity contribution is 7.87. The molecule has 112 valence electrons. The molecule has 0 bridgehead atoms. The normalized spacial score (nSPS) is 16.0. The van der Waals surface area contributed by atoms with Crippen LogP contribution in [0.2, 0.25) is 0 Å². The number of hydrogen-bond acceptors (Lipinski definition) is 6. The van der Waals surface area contributed by atoms with Crippen LogP contribution >= 0.6 is 0 Å². The zero-order valence-electron chi connectivity index (χ0n) is 10.0. The van der Waals surface area contributed by atoms with Gasteiger partial charge in [-0.2, -0.15) is 26.7 Å². The maximum atomic E-state index is 12.3. The van der Waals surface area contributed by atoms with Gasteiger partial charge in [0, 0.05) is 6.07 Å². The highest BCUT2D eigenvalue weighted by atomic mass is 32.2. The quantitative estimate of drug-likeness (QED) is 0.472. The fraction of sp³-hybridized carbons (Fsp3) is 0.556. The number of nitrogens with zero attached hydrogens (tertiary/aromatic N) is 2. The third-order valence-corrected chi connectivity index (χ3v) is 3.42. The third kappa shape index (κ3) is 2.71. The van der Waals surface area contributed by atoms with Crippen LogP contribution in [0.25, 0.3) is 0 Å². The molecule has 20 heavy (non-hydrogen) atoms. The summed E-state index contributed by atoms with van der Waals surface area (Å²) in [5, 5.41) is 3.69. The Bertz CT molecular complexity index is 632. The average molecular weight is 314 g/mol. The molecule has 0 aromatic carbocycles. The molecular weight excluding hydrogens is 305 g/mol. The van der Waals surface area contributed by atoms with Gasteiger partial charge in [-0.25, -0.2) is 9.48 Å². The number of aromatic nitrogens is 2. The molecule has 0 radical (unpaired) electrons. The summed E-state index contributed by atoms with van der Waals surface area (Å²) in [6, 6.07) is 0.514. The van der Waals surface area contributed by atoms with Crippen LogP contribution in [0, 0.1) is 0 Å². The Morgan fingerprint density at radius 2 is 2.05 bits per heavy atom. The summed E-state index contributed by atoms with van der Waals surface area (Å²) in [5.41, 5.74) is -5.89. The van der Waals surface area contributed by atoms with E-state index in [4.69, 9.17) is 0 Å². The Morgan fingerprint density at radius 3 is 2.50 bits per heavy atom. The van der Waals surface area contributed by atoms with Crippen molar-refractivity contribution in [1.29, 1.82) is 0 Å². The lowest BCUT2D eigenvalue weighted by atomic mass is 10.4. The van der Waals surface area contributed by atoms with Crippen LogP contribution in [0.4, 0.5) is 13.2 Å². The van der Waals surface area contributed by atoms with Crippen molar-refractivity contribution >= 4 is 16.1 Å². The molecular formula is C9H9F3N2O5S. The number of ether oxygens (including phenoxy) is 1. The maximum Gasteiger partial charge on any atom is 0.534 e. The van der Waals surface area contributed by atoms with E-state index in [1.807, 2.05) is 0 Å². The minimum Gasteiger partial charge on any atom is -0.464 e. The summed E-state index contributed by atoms with van der Waals surface area (Å²) >= 11 is 0. The van der Waals surface area contributed by atoms with E-state index >= 15 is 0 Å². The number of alkyl halides is 3. The summed E-state index contributed by atoms with van der Waals surface area (Å²) in [6.07, 6.45) is 1.20. The predicted octanol–water partition coefficient (Wildman–Crippen LogP) is 1.23. The molecule has 1 aromatic heterocycles. The lowest BCUT2D eigenvalue weighted by Gasteiger charge is -2.10. The smallest absolute Gasteiger partial charge is 0.464 e. The molecule has 1 aromatic rings. The van der Waals surface area contributed by atoms with Crippen LogP contribution in [0.5, 0.6) is 5.88 Å². The molecule has 11 heteroatoms. The van der Waals surface area contributed by atoms with Crippen LogP contribution in [-0.4, -0.2) is 36.8 Å². The SMILES string of the molecule is COC(=O)c1cc(OS(=O)(=O)C(F)(F)F)n(C2CC2)n1. The minimum absolute atomic E-state index is 0.285. The van der Waals surface area contributed by atoms with Crippen molar-refractivity contribution in [2.75, 3.05) is 7.11 Å². The van der Waals surface area contributed by atoms with Crippen molar-refractivity contribution in [3.8, 4) is 5.88 Å². The van der Waals surface area contributed by atoms with Gasteiger partial charge in [0.15, 0.2) is 5.69 Å². The molecule has 0 saturated heterocycles. The van der Waals surface area contributed by atoms with Gasteiger partial charge in [0.05, 0.1) is 13.2 Å². The number of methoxy groups -OCH3 is 1. The van der Waals surface area contributed by atoms with Gasteiger partial charge < -0.3 is 8.92 Å². The molecule has 1 aliphatic carbocycles. The molecule has 0 unspecified atom stereocenters. The van der Waals surface area contributed by atoms with Crippen LogP contribution in [0.15, 0.2) is 6.07 Å². The molecule has 0 spiro atoms. The molecule has 0 aliphatic heterocycles. The number of halogens is 3. The number of hydrogen-bond donors (Lipinski definition) is 0. The second-order valence-electron chi connectivity index (χ2n) is 4.02. The lowest BCUT2D eigenvalue weighted by molar-refractivity contribution is -0.0502. The Balaban J connectivity index is 2.36. The number of rotatable bonds is 4. The fourth-order valence-corrected chi connectivity index (χ4v) is 1.83. The minimum atomic E-state index is -5.81. The third-order valence-electron chi connectivity index (χ3n) is 2.47. The standard InChI is InChI=1S/C9H9F3N2O5S/c1-18-8(15)6-4-7(14(13-6)5-2-3-5)19-20(16,17)9(10,11)12/h4-5H,2-3H2,1H3. The number of carbonyl (C=O) groups is 1. The van der Waals surface area contributed by atoms with E-state index in [9.17, 15) is 26.4 Å². The summed E-state index contributed by atoms with van der Waals surface area (Å²) in [6.45, 7) is 0. The molecule has 2 rings (SSSR count). The highest BCUT2D eigenvalue weighted by Gasteiger charge is 2.49. The summed E-state index contributed by atoms with van der Waals surface area (Å²) in [5.74, 6) is -1.57. The van der Waals surface area contributed by atoms with Gasteiger partial charge in [0.2, 0.25) is 5.88 Å². The first-order valence-electron chi connectivity index (χ1n) is 5.34. The van der Waals surface area contributed by atoms with Gasteiger partial charge >= 0.3 is 21.6 Å². The van der Waals surface area contributed by atoms with Crippen LogP contribution < -0.4 is 4.18 Å². The first-order valence-corrected chi connectivity index (χ1v) is 6.75. The van der Waals surface area contributed by atoms with Crippen molar-refractivity contribution in [2.24, 2.45) is 0 Å². The van der Waals surface area contributed by atoms with Crippen LogP contribution in [0.1, 0.15) is 29.4 Å². The Kier molecular flexibility index (Phi) is 3.40. The second-order valence-corrected chi connectivity index (χ2v) is 5.56. The molecule has 0 amide bonds. The highest BCUT2D eigenvalue weighted by Crippen LogP contribution is 2.39. The second kappa shape index (κ2) is 4.65.